The Hall–Kier alpha value is -4.44. The van der Waals surface area contributed by atoms with Gasteiger partial charge in [0.2, 0.25) is 0 Å². The molecule has 0 spiro atoms. The van der Waals surface area contributed by atoms with Gasteiger partial charge in [-0.15, -0.1) is 0 Å². The SMILES string of the molecule is CC(=O)O.O=C(NC1(c2ccc(-c3cn[nH]c3)cc2)CCNCC1)c1cccc(-c2ccc(C(F)(F)F)cc2)c1. The summed E-state index contributed by atoms with van der Waals surface area (Å²) in [6.07, 6.45) is 0.687. The zero-order valence-electron chi connectivity index (χ0n) is 21.8. The van der Waals surface area contributed by atoms with Crippen molar-refractivity contribution in [3.63, 3.8) is 0 Å². The third kappa shape index (κ3) is 6.95. The number of halogens is 3. The van der Waals surface area contributed by atoms with Crippen LogP contribution in [0.15, 0.2) is 85.2 Å². The molecule has 5 rings (SSSR count). The number of H-pyrrole nitrogens is 1. The number of aromatic amines is 1. The summed E-state index contributed by atoms with van der Waals surface area (Å²) in [6, 6.07) is 20.1. The Bertz CT molecular complexity index is 1420. The van der Waals surface area contributed by atoms with Gasteiger partial charge < -0.3 is 15.7 Å². The Labute approximate surface area is 229 Å². The second-order valence-corrected chi connectivity index (χ2v) is 9.53. The van der Waals surface area contributed by atoms with Crippen LogP contribution >= 0.6 is 0 Å². The first-order valence-corrected chi connectivity index (χ1v) is 12.7. The molecule has 0 aliphatic carbocycles. The van der Waals surface area contributed by atoms with E-state index in [1.54, 1.807) is 30.5 Å². The van der Waals surface area contributed by atoms with E-state index in [0.717, 1.165) is 61.7 Å². The topological polar surface area (TPSA) is 107 Å². The number of aromatic nitrogens is 2. The lowest BCUT2D eigenvalue weighted by molar-refractivity contribution is -0.137. The number of amides is 1. The number of carbonyl (C=O) groups is 2. The second kappa shape index (κ2) is 12.2. The van der Waals surface area contributed by atoms with Crippen LogP contribution in [0.2, 0.25) is 0 Å². The van der Waals surface area contributed by atoms with Gasteiger partial charge in [0.25, 0.3) is 11.9 Å². The molecule has 3 aromatic carbocycles. The van der Waals surface area contributed by atoms with Gasteiger partial charge in [0.1, 0.15) is 0 Å². The highest BCUT2D eigenvalue weighted by molar-refractivity contribution is 5.96. The number of rotatable bonds is 5. The van der Waals surface area contributed by atoms with Crippen LogP contribution in [0.25, 0.3) is 22.3 Å². The summed E-state index contributed by atoms with van der Waals surface area (Å²) < 4.78 is 38.8. The standard InChI is InChI=1S/C28H25F3N4O.C2H4O2/c29-28(30,31)25-10-6-19(7-11-25)21-2-1-3-22(16-21)26(36)35-27(12-14-32-15-13-27)24-8-4-20(5-9-24)23-17-33-34-18-23;1-2(3)4/h1-11,16-18,32H,12-15H2,(H,33,34)(H,35,36);1H3,(H,3,4). The zero-order chi connectivity index (χ0) is 28.8. The van der Waals surface area contributed by atoms with Crippen molar-refractivity contribution in [2.45, 2.75) is 31.5 Å². The van der Waals surface area contributed by atoms with Gasteiger partial charge in [0, 0.05) is 24.2 Å². The van der Waals surface area contributed by atoms with E-state index in [9.17, 15) is 18.0 Å². The zero-order valence-corrected chi connectivity index (χ0v) is 21.8. The van der Waals surface area contributed by atoms with Gasteiger partial charge in [0.05, 0.1) is 17.3 Å². The number of hydrogen-bond acceptors (Lipinski definition) is 4. The van der Waals surface area contributed by atoms with Crippen LogP contribution in [0.1, 0.15) is 41.3 Å². The van der Waals surface area contributed by atoms with E-state index in [0.29, 0.717) is 16.7 Å². The monoisotopic (exact) mass is 550 g/mol. The van der Waals surface area contributed by atoms with E-state index >= 15 is 0 Å². The minimum absolute atomic E-state index is 0.218. The van der Waals surface area contributed by atoms with E-state index in [1.165, 1.54) is 12.1 Å². The highest BCUT2D eigenvalue weighted by Gasteiger charge is 2.36. The first kappa shape index (κ1) is 28.6. The van der Waals surface area contributed by atoms with Gasteiger partial charge in [-0.25, -0.2) is 0 Å². The summed E-state index contributed by atoms with van der Waals surface area (Å²) in [5.41, 5.74) is 3.58. The minimum atomic E-state index is -4.39. The average molecular weight is 551 g/mol. The molecule has 208 valence electrons. The normalized spacial score (nSPS) is 14.5. The molecule has 1 aliphatic heterocycles. The summed E-state index contributed by atoms with van der Waals surface area (Å²) in [5, 5.41) is 20.9. The highest BCUT2D eigenvalue weighted by Crippen LogP contribution is 2.34. The first-order chi connectivity index (χ1) is 19.1. The summed E-state index contributed by atoms with van der Waals surface area (Å²) in [7, 11) is 0. The van der Waals surface area contributed by atoms with Gasteiger partial charge in [-0.3, -0.25) is 14.7 Å². The van der Waals surface area contributed by atoms with Gasteiger partial charge >= 0.3 is 6.18 Å². The molecule has 0 radical (unpaired) electrons. The van der Waals surface area contributed by atoms with E-state index < -0.39 is 23.2 Å². The van der Waals surface area contributed by atoms with E-state index in [1.807, 2.05) is 30.5 Å². The summed E-state index contributed by atoms with van der Waals surface area (Å²) in [6.45, 7) is 2.63. The lowest BCUT2D eigenvalue weighted by Crippen LogP contribution is -2.52. The molecular weight excluding hydrogens is 521 g/mol. The maximum absolute atomic E-state index is 13.4. The minimum Gasteiger partial charge on any atom is -0.481 e. The fourth-order valence-electron chi connectivity index (χ4n) is 4.71. The largest absolute Gasteiger partial charge is 0.481 e. The molecule has 2 heterocycles. The van der Waals surface area contributed by atoms with Crippen LogP contribution in [-0.4, -0.2) is 40.3 Å². The number of alkyl halides is 3. The van der Waals surface area contributed by atoms with E-state index in [4.69, 9.17) is 9.90 Å². The van der Waals surface area contributed by atoms with Gasteiger partial charge in [0.15, 0.2) is 0 Å². The number of piperidine rings is 1. The molecule has 4 aromatic rings. The van der Waals surface area contributed by atoms with Crippen LogP contribution in [0, 0.1) is 0 Å². The predicted molar refractivity (Wildman–Crippen MR) is 145 cm³/mol. The summed E-state index contributed by atoms with van der Waals surface area (Å²) in [4.78, 5) is 22.4. The van der Waals surface area contributed by atoms with Crippen LogP contribution in [0.3, 0.4) is 0 Å². The fraction of sp³-hybridized carbons (Fsp3) is 0.233. The Morgan fingerprint density at radius 1 is 0.900 bits per heavy atom. The van der Waals surface area contributed by atoms with Crippen molar-refractivity contribution in [3.8, 4) is 22.3 Å². The molecular formula is C30H29F3N4O3. The van der Waals surface area contributed by atoms with Gasteiger partial charge in [-0.05, 0) is 72.5 Å². The summed E-state index contributed by atoms with van der Waals surface area (Å²) in [5.74, 6) is -1.05. The Kier molecular flexibility index (Phi) is 8.69. The average Bonchev–Trinajstić information content (AvgIpc) is 3.48. The third-order valence-corrected chi connectivity index (χ3v) is 6.75. The molecule has 1 saturated heterocycles. The Balaban J connectivity index is 0.000000867. The van der Waals surface area contributed by atoms with Crippen molar-refractivity contribution in [1.82, 2.24) is 20.8 Å². The number of carbonyl (C=O) groups excluding carboxylic acids is 1. The number of nitrogens with zero attached hydrogens (tertiary/aromatic N) is 1. The van der Waals surface area contributed by atoms with Crippen molar-refractivity contribution in [1.29, 1.82) is 0 Å². The molecule has 0 atom stereocenters. The third-order valence-electron chi connectivity index (χ3n) is 6.75. The molecule has 0 unspecified atom stereocenters. The highest BCUT2D eigenvalue weighted by atomic mass is 19.4. The molecule has 0 bridgehead atoms. The van der Waals surface area contributed by atoms with E-state index in [-0.39, 0.29) is 5.91 Å². The van der Waals surface area contributed by atoms with Crippen LogP contribution in [-0.2, 0) is 16.5 Å². The molecule has 40 heavy (non-hydrogen) atoms. The smallest absolute Gasteiger partial charge is 0.416 e. The van der Waals surface area contributed by atoms with Crippen LogP contribution in [0.4, 0.5) is 13.2 Å². The molecule has 7 nitrogen and oxygen atoms in total. The van der Waals surface area contributed by atoms with Gasteiger partial charge in [-0.2, -0.15) is 18.3 Å². The molecule has 10 heteroatoms. The fourth-order valence-corrected chi connectivity index (χ4v) is 4.71. The maximum Gasteiger partial charge on any atom is 0.416 e. The number of benzene rings is 3. The number of aliphatic carboxylic acids is 1. The van der Waals surface area contributed by atoms with Crippen molar-refractivity contribution in [2.24, 2.45) is 0 Å². The molecule has 1 amide bonds. The lowest BCUT2D eigenvalue weighted by Gasteiger charge is -2.39. The number of carboxylic acids is 1. The molecule has 1 aliphatic rings. The predicted octanol–water partition coefficient (Wildman–Crippen LogP) is 5.86. The molecule has 0 saturated carbocycles. The summed E-state index contributed by atoms with van der Waals surface area (Å²) >= 11 is 0. The molecule has 1 aromatic heterocycles. The quantitative estimate of drug-likeness (QED) is 0.249. The maximum atomic E-state index is 13.4. The Morgan fingerprint density at radius 3 is 2.08 bits per heavy atom. The van der Waals surface area contributed by atoms with Crippen LogP contribution in [0.5, 0.6) is 0 Å². The van der Waals surface area contributed by atoms with Crippen molar-refractivity contribution in [3.05, 3.63) is 102 Å². The second-order valence-electron chi connectivity index (χ2n) is 9.53. The Morgan fingerprint density at radius 2 is 1.50 bits per heavy atom. The van der Waals surface area contributed by atoms with Gasteiger partial charge in [-0.1, -0.05) is 48.5 Å². The molecule has 4 N–H and O–H groups in total. The van der Waals surface area contributed by atoms with Crippen molar-refractivity contribution >= 4 is 11.9 Å². The number of hydrogen-bond donors (Lipinski definition) is 4. The number of carboxylic acid groups (broad SMARTS) is 1. The van der Waals surface area contributed by atoms with Crippen molar-refractivity contribution in [2.75, 3.05) is 13.1 Å². The lowest BCUT2D eigenvalue weighted by atomic mass is 9.80. The van der Waals surface area contributed by atoms with E-state index in [2.05, 4.69) is 20.8 Å². The number of nitrogens with one attached hydrogen (secondary N) is 3. The first-order valence-electron chi connectivity index (χ1n) is 12.7. The molecule has 1 fully saturated rings. The van der Waals surface area contributed by atoms with Crippen molar-refractivity contribution < 1.29 is 27.9 Å². The van der Waals surface area contributed by atoms with Crippen LogP contribution < -0.4 is 10.6 Å².